The third-order valence-corrected chi connectivity index (χ3v) is 2.01. The molecule has 0 amide bonds. The van der Waals surface area contributed by atoms with Crippen molar-refractivity contribution in [1.29, 1.82) is 0 Å². The van der Waals surface area contributed by atoms with Gasteiger partial charge in [0.2, 0.25) is 0 Å². The Hall–Kier alpha value is -2.17. The van der Waals surface area contributed by atoms with E-state index in [0.29, 0.717) is 5.71 Å². The van der Waals surface area contributed by atoms with Crippen LogP contribution >= 0.6 is 0 Å². The van der Waals surface area contributed by atoms with Crippen LogP contribution in [0.25, 0.3) is 0 Å². The number of hydrogen-bond acceptors (Lipinski definition) is 4. The maximum absolute atomic E-state index is 8.97. The fourth-order valence-electron chi connectivity index (χ4n) is 1.33. The Balaban J connectivity index is 2.43. The van der Waals surface area contributed by atoms with Crippen molar-refractivity contribution in [1.82, 2.24) is 14.8 Å². The molecule has 0 aromatic carbocycles. The summed E-state index contributed by atoms with van der Waals surface area (Å²) in [6.07, 6.45) is 6.73. The van der Waals surface area contributed by atoms with Gasteiger partial charge >= 0.3 is 0 Å². The fraction of sp³-hybridized carbons (Fsp3) is 0.100. The Morgan fingerprint density at radius 3 is 2.80 bits per heavy atom. The molecule has 2 rings (SSSR count). The Labute approximate surface area is 86.7 Å². The molecule has 0 fully saturated rings. The van der Waals surface area contributed by atoms with Crippen LogP contribution in [0.2, 0.25) is 0 Å². The van der Waals surface area contributed by atoms with E-state index in [1.165, 1.54) is 0 Å². The van der Waals surface area contributed by atoms with Gasteiger partial charge in [-0.05, 0) is 12.1 Å². The highest BCUT2D eigenvalue weighted by Gasteiger charge is 2.09. The van der Waals surface area contributed by atoms with E-state index in [0.717, 1.165) is 11.1 Å². The maximum atomic E-state index is 8.97. The Morgan fingerprint density at radius 2 is 2.27 bits per heavy atom. The van der Waals surface area contributed by atoms with Crippen LogP contribution in [0.3, 0.4) is 0 Å². The third kappa shape index (κ3) is 1.85. The van der Waals surface area contributed by atoms with Crippen molar-refractivity contribution in [2.75, 3.05) is 0 Å². The molecule has 5 nitrogen and oxygen atoms in total. The first-order chi connectivity index (χ1) is 7.31. The van der Waals surface area contributed by atoms with Gasteiger partial charge in [-0.1, -0.05) is 5.16 Å². The van der Waals surface area contributed by atoms with E-state index in [2.05, 4.69) is 15.2 Å². The van der Waals surface area contributed by atoms with Crippen LogP contribution < -0.4 is 0 Å². The molecule has 0 bridgehead atoms. The summed E-state index contributed by atoms with van der Waals surface area (Å²) in [4.78, 5) is 3.97. The van der Waals surface area contributed by atoms with Gasteiger partial charge < -0.3 is 5.21 Å². The molecule has 0 aliphatic rings. The van der Waals surface area contributed by atoms with Gasteiger partial charge in [-0.2, -0.15) is 5.10 Å². The minimum atomic E-state index is 0.469. The monoisotopic (exact) mass is 202 g/mol. The fourth-order valence-corrected chi connectivity index (χ4v) is 1.33. The molecule has 0 spiro atoms. The lowest BCUT2D eigenvalue weighted by Gasteiger charge is -1.99. The summed E-state index contributed by atoms with van der Waals surface area (Å²) in [5.74, 6) is 0. The summed E-state index contributed by atoms with van der Waals surface area (Å²) in [5.41, 5.74) is 1.98. The largest absolute Gasteiger partial charge is 0.410 e. The van der Waals surface area contributed by atoms with Gasteiger partial charge in [-0.25, -0.2) is 0 Å². The minimum absolute atomic E-state index is 0.469. The van der Waals surface area contributed by atoms with E-state index in [9.17, 15) is 0 Å². The van der Waals surface area contributed by atoms with E-state index in [4.69, 9.17) is 5.21 Å². The van der Waals surface area contributed by atoms with Crippen molar-refractivity contribution < 1.29 is 5.21 Å². The van der Waals surface area contributed by atoms with Gasteiger partial charge in [0.05, 0.1) is 6.20 Å². The van der Waals surface area contributed by atoms with Crippen LogP contribution in [-0.2, 0) is 7.05 Å². The Morgan fingerprint density at radius 1 is 1.40 bits per heavy atom. The average Bonchev–Trinajstić information content (AvgIpc) is 2.68. The van der Waals surface area contributed by atoms with E-state index in [-0.39, 0.29) is 0 Å². The molecule has 0 unspecified atom stereocenters. The molecule has 0 aliphatic carbocycles. The van der Waals surface area contributed by atoms with Crippen molar-refractivity contribution in [2.45, 2.75) is 0 Å². The van der Waals surface area contributed by atoms with Crippen molar-refractivity contribution in [3.63, 3.8) is 0 Å². The molecule has 2 aromatic rings. The molecule has 1 N–H and O–H groups in total. The molecule has 0 aliphatic heterocycles. The highest BCUT2D eigenvalue weighted by Crippen LogP contribution is 2.08. The van der Waals surface area contributed by atoms with Crippen molar-refractivity contribution in [3.05, 3.63) is 48.0 Å². The first-order valence-electron chi connectivity index (χ1n) is 4.42. The minimum Gasteiger partial charge on any atom is -0.410 e. The Bertz CT molecular complexity index is 475. The number of pyridine rings is 1. The number of oxime groups is 1. The molecule has 15 heavy (non-hydrogen) atoms. The quantitative estimate of drug-likeness (QED) is 0.449. The van der Waals surface area contributed by atoms with Crippen molar-refractivity contribution in [3.8, 4) is 0 Å². The van der Waals surface area contributed by atoms with E-state index in [1.807, 2.05) is 13.1 Å². The van der Waals surface area contributed by atoms with Gasteiger partial charge in [-0.3, -0.25) is 9.67 Å². The molecule has 76 valence electrons. The molecule has 2 heterocycles. The lowest BCUT2D eigenvalue weighted by Crippen LogP contribution is -2.02. The average molecular weight is 202 g/mol. The molecule has 0 saturated carbocycles. The zero-order chi connectivity index (χ0) is 10.7. The molecule has 0 radical (unpaired) electrons. The second-order valence-corrected chi connectivity index (χ2v) is 3.09. The van der Waals surface area contributed by atoms with Crippen LogP contribution in [0.1, 0.15) is 11.1 Å². The lowest BCUT2D eigenvalue weighted by atomic mass is 10.1. The van der Waals surface area contributed by atoms with Gasteiger partial charge in [0.15, 0.2) is 0 Å². The summed E-state index contributed by atoms with van der Waals surface area (Å²) in [6.45, 7) is 0. The first kappa shape index (κ1) is 9.39. The van der Waals surface area contributed by atoms with Gasteiger partial charge in [-0.15, -0.1) is 0 Å². The summed E-state index contributed by atoms with van der Waals surface area (Å²) < 4.78 is 1.65. The molecule has 5 heteroatoms. The highest BCUT2D eigenvalue weighted by atomic mass is 16.4. The second-order valence-electron chi connectivity index (χ2n) is 3.09. The third-order valence-electron chi connectivity index (χ3n) is 2.01. The van der Waals surface area contributed by atoms with Crippen LogP contribution in [0.5, 0.6) is 0 Å². The predicted molar refractivity (Wildman–Crippen MR) is 54.9 cm³/mol. The molecular weight excluding hydrogens is 192 g/mol. The zero-order valence-corrected chi connectivity index (χ0v) is 8.20. The first-order valence-corrected chi connectivity index (χ1v) is 4.42. The summed E-state index contributed by atoms with van der Waals surface area (Å²) in [6, 6.07) is 3.62. The normalized spacial score (nSPS) is 11.7. The molecule has 0 saturated heterocycles. The van der Waals surface area contributed by atoms with E-state index in [1.54, 1.807) is 35.5 Å². The van der Waals surface area contributed by atoms with Gasteiger partial charge in [0.1, 0.15) is 5.71 Å². The predicted octanol–water partition coefficient (Wildman–Crippen LogP) is 1.04. The van der Waals surface area contributed by atoms with Crippen LogP contribution in [0.15, 0.2) is 42.1 Å². The van der Waals surface area contributed by atoms with Gasteiger partial charge in [0, 0.05) is 36.8 Å². The topological polar surface area (TPSA) is 63.3 Å². The van der Waals surface area contributed by atoms with Crippen LogP contribution in [-0.4, -0.2) is 25.7 Å². The molecule has 0 atom stereocenters. The second kappa shape index (κ2) is 3.91. The SMILES string of the molecule is Cn1cc(/C(=N/O)c2cccnc2)cn1. The van der Waals surface area contributed by atoms with Crippen LogP contribution in [0, 0.1) is 0 Å². The van der Waals surface area contributed by atoms with E-state index < -0.39 is 0 Å². The lowest BCUT2D eigenvalue weighted by molar-refractivity contribution is 0.319. The number of hydrogen-bond donors (Lipinski definition) is 1. The molecular formula is C10H10N4O. The zero-order valence-electron chi connectivity index (χ0n) is 8.20. The van der Waals surface area contributed by atoms with Crippen LogP contribution in [0.4, 0.5) is 0 Å². The summed E-state index contributed by atoms with van der Waals surface area (Å²) in [5, 5.41) is 16.2. The number of aromatic nitrogens is 3. The van der Waals surface area contributed by atoms with Crippen molar-refractivity contribution >= 4 is 5.71 Å². The van der Waals surface area contributed by atoms with Gasteiger partial charge in [0.25, 0.3) is 0 Å². The number of aryl methyl sites for hydroxylation is 1. The number of nitrogens with zero attached hydrogens (tertiary/aromatic N) is 4. The molecule has 2 aromatic heterocycles. The van der Waals surface area contributed by atoms with Crippen molar-refractivity contribution in [2.24, 2.45) is 12.2 Å². The standard InChI is InChI=1S/C10H10N4O/c1-14-7-9(6-12-14)10(13-15)8-3-2-4-11-5-8/h2-7,15H,1H3/b13-10+. The highest BCUT2D eigenvalue weighted by molar-refractivity contribution is 6.12. The summed E-state index contributed by atoms with van der Waals surface area (Å²) in [7, 11) is 1.81. The smallest absolute Gasteiger partial charge is 0.121 e. The Kier molecular flexibility index (Phi) is 2.45. The summed E-state index contributed by atoms with van der Waals surface area (Å²) >= 11 is 0. The number of rotatable bonds is 2. The maximum Gasteiger partial charge on any atom is 0.121 e. The van der Waals surface area contributed by atoms with E-state index >= 15 is 0 Å².